The first kappa shape index (κ1) is 14.3. The van der Waals surface area contributed by atoms with Crippen LogP contribution >= 0.6 is 43.5 Å². The summed E-state index contributed by atoms with van der Waals surface area (Å²) in [6.45, 7) is 0. The fraction of sp³-hybridized carbons (Fsp3) is 0. The molecule has 1 N–H and O–H groups in total. The topological polar surface area (TPSA) is 20.2 Å². The maximum atomic E-state index is 9.74. The van der Waals surface area contributed by atoms with Crippen LogP contribution in [0.2, 0.25) is 5.02 Å². The summed E-state index contributed by atoms with van der Waals surface area (Å²) in [5.41, 5.74) is 0. The zero-order valence-electron chi connectivity index (χ0n) is 11.2. The molecule has 0 saturated heterocycles. The average molecular weight is 437 g/mol. The van der Waals surface area contributed by atoms with Gasteiger partial charge in [0.05, 0.1) is 0 Å². The van der Waals surface area contributed by atoms with Gasteiger partial charge in [0, 0.05) is 19.4 Å². The van der Waals surface area contributed by atoms with Crippen LogP contribution in [0.3, 0.4) is 0 Å². The van der Waals surface area contributed by atoms with E-state index >= 15 is 0 Å². The van der Waals surface area contributed by atoms with Gasteiger partial charge in [-0.3, -0.25) is 0 Å². The van der Waals surface area contributed by atoms with Crippen molar-refractivity contribution in [1.82, 2.24) is 0 Å². The summed E-state index contributed by atoms with van der Waals surface area (Å²) in [5.74, 6) is 0.263. The van der Waals surface area contributed by atoms with Crippen LogP contribution in [0.1, 0.15) is 0 Å². The predicted octanol–water partition coefficient (Wildman–Crippen LogP) is 7.03. The first-order chi connectivity index (χ1) is 10.5. The summed E-state index contributed by atoms with van der Waals surface area (Å²) in [4.78, 5) is 0. The van der Waals surface area contributed by atoms with E-state index in [9.17, 15) is 5.11 Å². The molecule has 0 fully saturated rings. The highest BCUT2D eigenvalue weighted by Crippen LogP contribution is 2.40. The van der Waals surface area contributed by atoms with E-state index in [-0.39, 0.29) is 5.75 Å². The normalized spacial score (nSPS) is 11.6. The maximum Gasteiger partial charge on any atom is 0.116 e. The third-order valence-corrected chi connectivity index (χ3v) is 5.46. The smallest absolute Gasteiger partial charge is 0.116 e. The Hall–Kier alpha value is -1.29. The summed E-state index contributed by atoms with van der Waals surface area (Å²) >= 11 is 13.4. The number of rotatable bonds is 0. The van der Waals surface area contributed by atoms with Crippen molar-refractivity contribution in [2.45, 2.75) is 0 Å². The van der Waals surface area contributed by atoms with Crippen LogP contribution in [0, 0.1) is 0 Å². The van der Waals surface area contributed by atoms with E-state index in [1.54, 1.807) is 12.1 Å². The van der Waals surface area contributed by atoms with E-state index in [0.29, 0.717) is 0 Å². The van der Waals surface area contributed by atoms with Crippen molar-refractivity contribution >= 4 is 75.8 Å². The molecule has 108 valence electrons. The number of aromatic hydroxyl groups is 1. The molecule has 4 rings (SSSR count). The lowest BCUT2D eigenvalue weighted by atomic mass is 9.97. The first-order valence-corrected chi connectivity index (χ1v) is 8.64. The fourth-order valence-corrected chi connectivity index (χ4v) is 4.21. The van der Waals surface area contributed by atoms with Gasteiger partial charge in [0.1, 0.15) is 5.75 Å². The lowest BCUT2D eigenvalue weighted by Gasteiger charge is -2.11. The van der Waals surface area contributed by atoms with Crippen LogP contribution in [-0.4, -0.2) is 5.11 Å². The number of phenols is 1. The number of phenolic OH excluding ortho intramolecular Hbond substituents is 1. The van der Waals surface area contributed by atoms with Crippen molar-refractivity contribution in [3.05, 3.63) is 62.5 Å². The molecule has 4 heteroatoms. The standard InChI is InChI=1S/C18H9Br2ClO/c19-17-7-14-12-4-2-10(22)6-16(12)18(20)8-13(14)11-3-1-9(21)5-15(11)17/h1-8,22H. The summed E-state index contributed by atoms with van der Waals surface area (Å²) in [6.07, 6.45) is 0. The van der Waals surface area contributed by atoms with Gasteiger partial charge < -0.3 is 5.11 Å². The average Bonchev–Trinajstić information content (AvgIpc) is 2.49. The molecule has 0 aliphatic rings. The third-order valence-electron chi connectivity index (χ3n) is 3.91. The molecular formula is C18H9Br2ClO. The largest absolute Gasteiger partial charge is 0.508 e. The summed E-state index contributed by atoms with van der Waals surface area (Å²) in [5, 5.41) is 17.1. The van der Waals surface area contributed by atoms with Crippen molar-refractivity contribution in [3.63, 3.8) is 0 Å². The van der Waals surface area contributed by atoms with Crippen molar-refractivity contribution in [1.29, 1.82) is 0 Å². The van der Waals surface area contributed by atoms with Gasteiger partial charge in [-0.05, 0) is 63.3 Å². The molecule has 0 amide bonds. The van der Waals surface area contributed by atoms with Crippen molar-refractivity contribution in [2.75, 3.05) is 0 Å². The maximum absolute atomic E-state index is 9.74. The Labute approximate surface area is 148 Å². The van der Waals surface area contributed by atoms with Crippen LogP contribution in [0.4, 0.5) is 0 Å². The van der Waals surface area contributed by atoms with E-state index < -0.39 is 0 Å². The Morgan fingerprint density at radius 2 is 1.18 bits per heavy atom. The SMILES string of the molecule is Oc1ccc2c(c1)c(Br)cc1c3ccc(Cl)cc3c(Br)cc21. The van der Waals surface area contributed by atoms with Gasteiger partial charge in [-0.1, -0.05) is 55.6 Å². The highest BCUT2D eigenvalue weighted by molar-refractivity contribution is 9.11. The fourth-order valence-electron chi connectivity index (χ4n) is 2.92. The van der Waals surface area contributed by atoms with Gasteiger partial charge in [0.25, 0.3) is 0 Å². The number of halogens is 3. The molecule has 0 spiro atoms. The Bertz CT molecular complexity index is 986. The molecule has 0 unspecified atom stereocenters. The molecule has 1 nitrogen and oxygen atoms in total. The van der Waals surface area contributed by atoms with E-state index in [4.69, 9.17) is 11.6 Å². The molecule has 0 aliphatic heterocycles. The van der Waals surface area contributed by atoms with E-state index in [2.05, 4.69) is 44.0 Å². The second kappa shape index (κ2) is 5.12. The zero-order chi connectivity index (χ0) is 15.4. The lowest BCUT2D eigenvalue weighted by molar-refractivity contribution is 0.476. The minimum Gasteiger partial charge on any atom is -0.508 e. The lowest BCUT2D eigenvalue weighted by Crippen LogP contribution is -1.84. The van der Waals surface area contributed by atoms with Crippen LogP contribution in [-0.2, 0) is 0 Å². The van der Waals surface area contributed by atoms with Crippen LogP contribution in [0.25, 0.3) is 32.3 Å². The monoisotopic (exact) mass is 434 g/mol. The molecule has 0 aliphatic carbocycles. The van der Waals surface area contributed by atoms with E-state index in [0.717, 1.165) is 46.3 Å². The second-order valence-corrected chi connectivity index (χ2v) is 7.38. The van der Waals surface area contributed by atoms with Gasteiger partial charge in [-0.2, -0.15) is 0 Å². The molecule has 0 aromatic heterocycles. The number of benzene rings is 4. The van der Waals surface area contributed by atoms with Crippen LogP contribution in [0.15, 0.2) is 57.5 Å². The molecule has 0 bridgehead atoms. The van der Waals surface area contributed by atoms with Crippen molar-refractivity contribution in [2.24, 2.45) is 0 Å². The Balaban J connectivity index is 2.30. The van der Waals surface area contributed by atoms with Gasteiger partial charge in [0.2, 0.25) is 0 Å². The minimum absolute atomic E-state index is 0.263. The van der Waals surface area contributed by atoms with Gasteiger partial charge in [-0.15, -0.1) is 0 Å². The highest BCUT2D eigenvalue weighted by Gasteiger charge is 2.11. The Morgan fingerprint density at radius 1 is 0.636 bits per heavy atom. The molecule has 0 radical (unpaired) electrons. The first-order valence-electron chi connectivity index (χ1n) is 6.67. The summed E-state index contributed by atoms with van der Waals surface area (Å²) in [6, 6.07) is 15.6. The van der Waals surface area contributed by atoms with E-state index in [1.807, 2.05) is 24.3 Å². The quantitative estimate of drug-likeness (QED) is 0.293. The molecule has 4 aromatic carbocycles. The van der Waals surface area contributed by atoms with Gasteiger partial charge in [-0.25, -0.2) is 0 Å². The molecule has 0 atom stereocenters. The Morgan fingerprint density at radius 3 is 1.82 bits per heavy atom. The number of hydrogen-bond donors (Lipinski definition) is 1. The minimum atomic E-state index is 0.263. The van der Waals surface area contributed by atoms with Crippen LogP contribution < -0.4 is 0 Å². The molecule has 0 heterocycles. The number of hydrogen-bond acceptors (Lipinski definition) is 1. The predicted molar refractivity (Wildman–Crippen MR) is 101 cm³/mol. The van der Waals surface area contributed by atoms with E-state index in [1.165, 1.54) is 0 Å². The van der Waals surface area contributed by atoms with Crippen LogP contribution in [0.5, 0.6) is 5.75 Å². The molecule has 22 heavy (non-hydrogen) atoms. The van der Waals surface area contributed by atoms with Crippen molar-refractivity contribution in [3.8, 4) is 5.75 Å². The van der Waals surface area contributed by atoms with Gasteiger partial charge in [0.15, 0.2) is 0 Å². The highest BCUT2D eigenvalue weighted by atomic mass is 79.9. The summed E-state index contributed by atoms with van der Waals surface area (Å²) < 4.78 is 1.97. The van der Waals surface area contributed by atoms with Gasteiger partial charge >= 0.3 is 0 Å². The molecule has 0 saturated carbocycles. The number of fused-ring (bicyclic) bond motifs is 5. The molecule has 4 aromatic rings. The second-order valence-electron chi connectivity index (χ2n) is 5.23. The Kier molecular flexibility index (Phi) is 3.33. The third kappa shape index (κ3) is 2.11. The van der Waals surface area contributed by atoms with Crippen molar-refractivity contribution < 1.29 is 5.11 Å². The summed E-state index contributed by atoms with van der Waals surface area (Å²) in [7, 11) is 0. The zero-order valence-corrected chi connectivity index (χ0v) is 15.1. The molecular weight excluding hydrogens is 427 g/mol.